The number of morpholine rings is 1. The topological polar surface area (TPSA) is 98.1 Å². The average Bonchev–Trinajstić information content (AvgIpc) is 3.48. The molecule has 174 valence electrons. The van der Waals surface area contributed by atoms with Crippen molar-refractivity contribution < 1.29 is 9.53 Å². The Hall–Kier alpha value is -3.11. The van der Waals surface area contributed by atoms with Gasteiger partial charge in [0.15, 0.2) is 5.65 Å². The summed E-state index contributed by atoms with van der Waals surface area (Å²) in [5.74, 6) is 0.843. The van der Waals surface area contributed by atoms with Crippen LogP contribution in [0.4, 0.5) is 5.95 Å². The van der Waals surface area contributed by atoms with Crippen molar-refractivity contribution in [2.75, 3.05) is 31.6 Å². The van der Waals surface area contributed by atoms with Crippen LogP contribution in [0.3, 0.4) is 0 Å². The number of nitrogens with one attached hydrogen (secondary N) is 1. The van der Waals surface area contributed by atoms with E-state index >= 15 is 0 Å². The molecule has 1 N–H and O–H groups in total. The summed E-state index contributed by atoms with van der Waals surface area (Å²) in [5.41, 5.74) is 2.55. The van der Waals surface area contributed by atoms with Gasteiger partial charge < -0.3 is 15.0 Å². The first-order valence-corrected chi connectivity index (χ1v) is 12.3. The molecule has 2 fully saturated rings. The van der Waals surface area contributed by atoms with Crippen molar-refractivity contribution in [2.45, 2.75) is 25.3 Å². The summed E-state index contributed by atoms with van der Waals surface area (Å²) in [4.78, 5) is 28.5. The van der Waals surface area contributed by atoms with E-state index in [1.165, 1.54) is 0 Å². The molecule has 2 aliphatic rings. The Morgan fingerprint density at radius 2 is 2.03 bits per heavy atom. The SMILES string of the molecule is O=C([C@@H]1CC[C@@H](Nc2ncc3c(Br)nn(-c4ccc5ncccc5c4)c3n2)C1)N1CCOCC1. The Balaban J connectivity index is 1.23. The number of anilines is 1. The van der Waals surface area contributed by atoms with E-state index in [-0.39, 0.29) is 17.9 Å². The molecule has 1 amide bonds. The fourth-order valence-electron chi connectivity index (χ4n) is 4.87. The fourth-order valence-corrected chi connectivity index (χ4v) is 5.31. The van der Waals surface area contributed by atoms with Crippen LogP contribution in [0, 0.1) is 5.92 Å². The molecule has 1 aliphatic heterocycles. The van der Waals surface area contributed by atoms with E-state index in [0.29, 0.717) is 42.5 Å². The van der Waals surface area contributed by atoms with E-state index < -0.39 is 0 Å². The summed E-state index contributed by atoms with van der Waals surface area (Å²) in [6.07, 6.45) is 6.16. The predicted octanol–water partition coefficient (Wildman–Crippen LogP) is 3.57. The lowest BCUT2D eigenvalue weighted by atomic mass is 10.1. The highest BCUT2D eigenvalue weighted by Crippen LogP contribution is 2.31. The largest absolute Gasteiger partial charge is 0.378 e. The van der Waals surface area contributed by atoms with Crippen molar-refractivity contribution in [3.8, 4) is 5.69 Å². The summed E-state index contributed by atoms with van der Waals surface area (Å²) < 4.78 is 7.89. The van der Waals surface area contributed by atoms with Gasteiger partial charge in [-0.2, -0.15) is 10.1 Å². The second-order valence-electron chi connectivity index (χ2n) is 8.80. The molecule has 0 unspecified atom stereocenters. The van der Waals surface area contributed by atoms with Crippen molar-refractivity contribution >= 4 is 49.7 Å². The maximum Gasteiger partial charge on any atom is 0.225 e. The Kier molecular flexibility index (Phi) is 5.62. The molecule has 9 nitrogen and oxygen atoms in total. The van der Waals surface area contributed by atoms with Crippen LogP contribution in [-0.2, 0) is 9.53 Å². The molecule has 3 aromatic heterocycles. The molecule has 0 radical (unpaired) electrons. The van der Waals surface area contributed by atoms with E-state index in [1.54, 1.807) is 12.4 Å². The van der Waals surface area contributed by atoms with E-state index in [2.05, 4.69) is 42.4 Å². The minimum Gasteiger partial charge on any atom is -0.378 e. The van der Waals surface area contributed by atoms with Crippen LogP contribution in [-0.4, -0.2) is 67.9 Å². The number of amides is 1. The first-order chi connectivity index (χ1) is 16.7. The van der Waals surface area contributed by atoms with Gasteiger partial charge in [0.2, 0.25) is 11.9 Å². The van der Waals surface area contributed by atoms with Crippen molar-refractivity contribution in [1.29, 1.82) is 0 Å². The van der Waals surface area contributed by atoms with Crippen LogP contribution in [0.5, 0.6) is 0 Å². The number of benzene rings is 1. The molecule has 1 saturated carbocycles. The molecule has 1 aliphatic carbocycles. The van der Waals surface area contributed by atoms with Gasteiger partial charge in [-0.1, -0.05) is 6.07 Å². The summed E-state index contributed by atoms with van der Waals surface area (Å²) in [5, 5.41) is 9.98. The molecule has 0 spiro atoms. The number of nitrogens with zero attached hydrogens (tertiary/aromatic N) is 6. The quantitative estimate of drug-likeness (QED) is 0.438. The first kappa shape index (κ1) is 21.4. The zero-order valence-corrected chi connectivity index (χ0v) is 20.1. The number of fused-ring (bicyclic) bond motifs is 2. The van der Waals surface area contributed by atoms with Gasteiger partial charge >= 0.3 is 0 Å². The third-order valence-corrected chi connectivity index (χ3v) is 7.23. The van der Waals surface area contributed by atoms with Crippen LogP contribution in [0.1, 0.15) is 19.3 Å². The van der Waals surface area contributed by atoms with Crippen LogP contribution in [0.25, 0.3) is 27.6 Å². The van der Waals surface area contributed by atoms with E-state index in [4.69, 9.17) is 9.72 Å². The number of carbonyl (C=O) groups is 1. The number of rotatable bonds is 4. The third kappa shape index (κ3) is 4.01. The highest BCUT2D eigenvalue weighted by molar-refractivity contribution is 9.10. The lowest BCUT2D eigenvalue weighted by Crippen LogP contribution is -2.43. The number of hydrogen-bond acceptors (Lipinski definition) is 7. The summed E-state index contributed by atoms with van der Waals surface area (Å²) in [6, 6.07) is 10.1. The molecule has 4 aromatic rings. The zero-order chi connectivity index (χ0) is 23.1. The normalized spacial score (nSPS) is 20.8. The van der Waals surface area contributed by atoms with Crippen molar-refractivity contribution in [2.24, 2.45) is 5.92 Å². The summed E-state index contributed by atoms with van der Waals surface area (Å²) in [7, 11) is 0. The molecule has 1 saturated heterocycles. The van der Waals surface area contributed by atoms with E-state index in [1.807, 2.05) is 33.8 Å². The summed E-state index contributed by atoms with van der Waals surface area (Å²) in [6.45, 7) is 2.64. The molecule has 10 heteroatoms. The molecule has 4 heterocycles. The van der Waals surface area contributed by atoms with Gasteiger partial charge in [-0.15, -0.1) is 0 Å². The maximum absolute atomic E-state index is 12.9. The standard InChI is InChI=1S/C24H24BrN7O2/c25-21-19-14-27-24(28-17-4-3-16(12-17)23(33)31-8-10-34-11-9-31)29-22(19)32(30-21)18-5-6-20-15(13-18)2-1-7-26-20/h1-2,5-7,13-14,16-17H,3-4,8-12H2,(H,27,28,29)/t16-,17-/m1/s1. The smallest absolute Gasteiger partial charge is 0.225 e. The second-order valence-corrected chi connectivity index (χ2v) is 9.55. The molecular formula is C24H24BrN7O2. The maximum atomic E-state index is 12.9. The van der Waals surface area contributed by atoms with Crippen molar-refractivity contribution in [1.82, 2.24) is 29.6 Å². The Bertz CT molecular complexity index is 1370. The van der Waals surface area contributed by atoms with Gasteiger partial charge in [-0.05, 0) is 59.5 Å². The Labute approximate surface area is 204 Å². The van der Waals surface area contributed by atoms with Gasteiger partial charge in [0.25, 0.3) is 0 Å². The predicted molar refractivity (Wildman–Crippen MR) is 132 cm³/mol. The van der Waals surface area contributed by atoms with Gasteiger partial charge in [0.1, 0.15) is 4.60 Å². The van der Waals surface area contributed by atoms with Crippen LogP contribution < -0.4 is 5.32 Å². The number of aromatic nitrogens is 5. The highest BCUT2D eigenvalue weighted by Gasteiger charge is 2.33. The van der Waals surface area contributed by atoms with Gasteiger partial charge in [-0.3, -0.25) is 9.78 Å². The molecule has 1 aromatic carbocycles. The Morgan fingerprint density at radius 3 is 2.91 bits per heavy atom. The highest BCUT2D eigenvalue weighted by atomic mass is 79.9. The molecule has 34 heavy (non-hydrogen) atoms. The molecule has 0 bridgehead atoms. The second kappa shape index (κ2) is 8.92. The lowest BCUT2D eigenvalue weighted by Gasteiger charge is -2.29. The number of carbonyl (C=O) groups excluding carboxylic acids is 1. The average molecular weight is 522 g/mol. The molecule has 6 rings (SSSR count). The third-order valence-electron chi connectivity index (χ3n) is 6.65. The van der Waals surface area contributed by atoms with Gasteiger partial charge in [0, 0.05) is 42.8 Å². The minimum absolute atomic E-state index is 0.0465. The van der Waals surface area contributed by atoms with Crippen LogP contribution in [0.2, 0.25) is 0 Å². The van der Waals surface area contributed by atoms with E-state index in [9.17, 15) is 4.79 Å². The van der Waals surface area contributed by atoms with Gasteiger partial charge in [0.05, 0.1) is 29.8 Å². The lowest BCUT2D eigenvalue weighted by molar-refractivity contribution is -0.139. The number of hydrogen-bond donors (Lipinski definition) is 1. The molecule has 2 atom stereocenters. The van der Waals surface area contributed by atoms with Crippen molar-refractivity contribution in [3.05, 3.63) is 47.3 Å². The Morgan fingerprint density at radius 1 is 1.15 bits per heavy atom. The van der Waals surface area contributed by atoms with Crippen LogP contribution in [0.15, 0.2) is 47.3 Å². The first-order valence-electron chi connectivity index (χ1n) is 11.6. The monoisotopic (exact) mass is 521 g/mol. The van der Waals surface area contributed by atoms with E-state index in [0.717, 1.165) is 41.2 Å². The van der Waals surface area contributed by atoms with Crippen LogP contribution >= 0.6 is 15.9 Å². The zero-order valence-electron chi connectivity index (χ0n) is 18.5. The van der Waals surface area contributed by atoms with Crippen molar-refractivity contribution in [3.63, 3.8) is 0 Å². The number of pyridine rings is 1. The van der Waals surface area contributed by atoms with Gasteiger partial charge in [-0.25, -0.2) is 9.67 Å². The molecular weight excluding hydrogens is 498 g/mol. The number of ether oxygens (including phenoxy) is 1. The number of halogens is 1. The summed E-state index contributed by atoms with van der Waals surface area (Å²) >= 11 is 3.54. The fraction of sp³-hybridized carbons (Fsp3) is 0.375. The minimum atomic E-state index is 0.0465.